The van der Waals surface area contributed by atoms with Gasteiger partial charge in [0, 0.05) is 17.5 Å². The second-order valence-electron chi connectivity index (χ2n) is 4.43. The Morgan fingerprint density at radius 2 is 2.39 bits per heavy atom. The van der Waals surface area contributed by atoms with Crippen molar-refractivity contribution in [2.75, 3.05) is 5.75 Å². The third kappa shape index (κ3) is 3.45. The SMILES string of the molecule is CCS[C@H]1CC[C@@H](NC(=O)c2ccc(F)nc2)C1. The Morgan fingerprint density at radius 1 is 1.56 bits per heavy atom. The molecule has 1 amide bonds. The summed E-state index contributed by atoms with van der Waals surface area (Å²) < 4.78 is 12.6. The number of thioether (sulfide) groups is 1. The molecule has 98 valence electrons. The molecule has 1 saturated carbocycles. The number of carbonyl (C=O) groups excluding carboxylic acids is 1. The van der Waals surface area contributed by atoms with E-state index < -0.39 is 5.95 Å². The average Bonchev–Trinajstić information content (AvgIpc) is 2.78. The molecule has 2 atom stereocenters. The smallest absolute Gasteiger partial charge is 0.253 e. The molecule has 0 aliphatic heterocycles. The molecule has 1 aromatic heterocycles. The molecule has 1 aliphatic carbocycles. The third-order valence-corrected chi connectivity index (χ3v) is 4.34. The number of halogens is 1. The topological polar surface area (TPSA) is 42.0 Å². The summed E-state index contributed by atoms with van der Waals surface area (Å²) in [6, 6.07) is 2.91. The van der Waals surface area contributed by atoms with E-state index in [2.05, 4.69) is 17.2 Å². The summed E-state index contributed by atoms with van der Waals surface area (Å²) in [6.07, 6.45) is 4.49. The molecule has 1 aromatic rings. The van der Waals surface area contributed by atoms with Crippen LogP contribution in [-0.2, 0) is 0 Å². The number of aromatic nitrogens is 1. The van der Waals surface area contributed by atoms with Crippen molar-refractivity contribution >= 4 is 17.7 Å². The molecule has 0 radical (unpaired) electrons. The maximum absolute atomic E-state index is 12.6. The predicted molar refractivity (Wildman–Crippen MR) is 71.2 cm³/mol. The Hall–Kier alpha value is -1.10. The van der Waals surface area contributed by atoms with E-state index in [9.17, 15) is 9.18 Å². The van der Waals surface area contributed by atoms with E-state index in [-0.39, 0.29) is 11.9 Å². The minimum absolute atomic E-state index is 0.158. The molecule has 0 aromatic carbocycles. The van der Waals surface area contributed by atoms with Crippen LogP contribution in [-0.4, -0.2) is 27.9 Å². The van der Waals surface area contributed by atoms with Crippen LogP contribution >= 0.6 is 11.8 Å². The normalized spacial score (nSPS) is 23.0. The van der Waals surface area contributed by atoms with Crippen LogP contribution in [0, 0.1) is 5.95 Å². The summed E-state index contributed by atoms with van der Waals surface area (Å²) in [5.74, 6) is 0.397. The largest absolute Gasteiger partial charge is 0.349 e. The summed E-state index contributed by atoms with van der Waals surface area (Å²) in [7, 11) is 0. The maximum Gasteiger partial charge on any atom is 0.253 e. The fourth-order valence-electron chi connectivity index (χ4n) is 2.24. The Bertz CT molecular complexity index is 410. The van der Waals surface area contributed by atoms with Gasteiger partial charge in [0.15, 0.2) is 0 Å². The first kappa shape index (κ1) is 13.3. The summed E-state index contributed by atoms with van der Waals surface area (Å²) in [6.45, 7) is 2.15. The quantitative estimate of drug-likeness (QED) is 0.854. The van der Waals surface area contributed by atoms with Gasteiger partial charge in [0.1, 0.15) is 0 Å². The fraction of sp³-hybridized carbons (Fsp3) is 0.538. The standard InChI is InChI=1S/C13H17FN2OS/c1-2-18-11-5-4-10(7-11)16-13(17)9-3-6-12(14)15-8-9/h3,6,8,10-11H,2,4-5,7H2,1H3,(H,16,17)/t10-,11+/m1/s1. The van der Waals surface area contributed by atoms with E-state index in [1.54, 1.807) is 0 Å². The van der Waals surface area contributed by atoms with Gasteiger partial charge >= 0.3 is 0 Å². The van der Waals surface area contributed by atoms with E-state index in [1.807, 2.05) is 11.8 Å². The van der Waals surface area contributed by atoms with Crippen LogP contribution in [0.1, 0.15) is 36.5 Å². The number of amides is 1. The van der Waals surface area contributed by atoms with Gasteiger partial charge in [0.05, 0.1) is 5.56 Å². The molecule has 0 saturated heterocycles. The van der Waals surface area contributed by atoms with Crippen molar-refractivity contribution in [3.63, 3.8) is 0 Å². The molecular weight excluding hydrogens is 251 g/mol. The van der Waals surface area contributed by atoms with Crippen molar-refractivity contribution in [3.8, 4) is 0 Å². The monoisotopic (exact) mass is 268 g/mol. The maximum atomic E-state index is 12.6. The number of carbonyl (C=O) groups is 1. The molecule has 5 heteroatoms. The number of hydrogen-bond donors (Lipinski definition) is 1. The van der Waals surface area contributed by atoms with Gasteiger partial charge in [-0.3, -0.25) is 4.79 Å². The van der Waals surface area contributed by atoms with Crippen molar-refractivity contribution in [1.29, 1.82) is 0 Å². The summed E-state index contributed by atoms with van der Waals surface area (Å²) in [5.41, 5.74) is 0.419. The van der Waals surface area contributed by atoms with Gasteiger partial charge in [-0.15, -0.1) is 0 Å². The van der Waals surface area contributed by atoms with Crippen LogP contribution in [0.3, 0.4) is 0 Å². The number of pyridine rings is 1. The first-order chi connectivity index (χ1) is 8.69. The van der Waals surface area contributed by atoms with Crippen molar-refractivity contribution in [2.45, 2.75) is 37.5 Å². The van der Waals surface area contributed by atoms with Gasteiger partial charge in [0.2, 0.25) is 5.95 Å². The van der Waals surface area contributed by atoms with E-state index in [0.717, 1.165) is 25.0 Å². The molecule has 3 nitrogen and oxygen atoms in total. The van der Waals surface area contributed by atoms with Crippen LogP contribution in [0.4, 0.5) is 4.39 Å². The second-order valence-corrected chi connectivity index (χ2v) is 6.01. The Labute approximate surface area is 111 Å². The molecule has 18 heavy (non-hydrogen) atoms. The first-order valence-electron chi connectivity index (χ1n) is 6.23. The van der Waals surface area contributed by atoms with Gasteiger partial charge in [-0.25, -0.2) is 4.98 Å². The molecule has 0 unspecified atom stereocenters. The zero-order chi connectivity index (χ0) is 13.0. The number of nitrogens with one attached hydrogen (secondary N) is 1. The summed E-state index contributed by atoms with van der Waals surface area (Å²) in [5, 5.41) is 3.65. The Morgan fingerprint density at radius 3 is 3.06 bits per heavy atom. The van der Waals surface area contributed by atoms with E-state index >= 15 is 0 Å². The first-order valence-corrected chi connectivity index (χ1v) is 7.28. The molecule has 1 heterocycles. The second kappa shape index (κ2) is 6.18. The lowest BCUT2D eigenvalue weighted by molar-refractivity contribution is 0.0937. The predicted octanol–water partition coefficient (Wildman–Crippen LogP) is 2.62. The van der Waals surface area contributed by atoms with Crippen molar-refractivity contribution < 1.29 is 9.18 Å². The van der Waals surface area contributed by atoms with Crippen molar-refractivity contribution in [3.05, 3.63) is 29.8 Å². The van der Waals surface area contributed by atoms with Gasteiger partial charge in [-0.05, 0) is 37.1 Å². The van der Waals surface area contributed by atoms with E-state index in [4.69, 9.17) is 0 Å². The highest BCUT2D eigenvalue weighted by molar-refractivity contribution is 7.99. The third-order valence-electron chi connectivity index (χ3n) is 3.11. The van der Waals surface area contributed by atoms with Crippen molar-refractivity contribution in [2.24, 2.45) is 0 Å². The fourth-order valence-corrected chi connectivity index (χ4v) is 3.38. The van der Waals surface area contributed by atoms with Crippen LogP contribution in [0.5, 0.6) is 0 Å². The Balaban J connectivity index is 1.87. The lowest BCUT2D eigenvalue weighted by Crippen LogP contribution is -2.33. The number of hydrogen-bond acceptors (Lipinski definition) is 3. The van der Waals surface area contributed by atoms with Gasteiger partial charge in [0.25, 0.3) is 5.91 Å². The molecule has 1 N–H and O–H groups in total. The Kier molecular flexibility index (Phi) is 4.58. The summed E-state index contributed by atoms with van der Waals surface area (Å²) >= 11 is 1.95. The van der Waals surface area contributed by atoms with Crippen LogP contribution in [0.2, 0.25) is 0 Å². The molecule has 2 rings (SSSR count). The highest BCUT2D eigenvalue weighted by atomic mass is 32.2. The number of nitrogens with zero attached hydrogens (tertiary/aromatic N) is 1. The van der Waals surface area contributed by atoms with E-state index in [0.29, 0.717) is 10.8 Å². The molecule has 1 fully saturated rings. The van der Waals surface area contributed by atoms with Gasteiger partial charge in [-0.1, -0.05) is 6.92 Å². The van der Waals surface area contributed by atoms with Gasteiger partial charge in [-0.2, -0.15) is 16.2 Å². The van der Waals surface area contributed by atoms with Crippen LogP contribution in [0.25, 0.3) is 0 Å². The molecule has 1 aliphatic rings. The van der Waals surface area contributed by atoms with E-state index in [1.165, 1.54) is 18.3 Å². The molecule has 0 spiro atoms. The summed E-state index contributed by atoms with van der Waals surface area (Å²) in [4.78, 5) is 15.4. The molecule has 0 bridgehead atoms. The highest BCUT2D eigenvalue weighted by Gasteiger charge is 2.25. The number of rotatable bonds is 4. The van der Waals surface area contributed by atoms with Gasteiger partial charge < -0.3 is 5.32 Å². The van der Waals surface area contributed by atoms with Crippen LogP contribution < -0.4 is 5.32 Å². The van der Waals surface area contributed by atoms with Crippen LogP contribution in [0.15, 0.2) is 18.3 Å². The minimum Gasteiger partial charge on any atom is -0.349 e. The lowest BCUT2D eigenvalue weighted by atomic mass is 10.2. The molecular formula is C13H17FN2OS. The zero-order valence-corrected chi connectivity index (χ0v) is 11.2. The van der Waals surface area contributed by atoms with Crippen molar-refractivity contribution in [1.82, 2.24) is 10.3 Å². The highest BCUT2D eigenvalue weighted by Crippen LogP contribution is 2.29. The minimum atomic E-state index is -0.563. The zero-order valence-electron chi connectivity index (χ0n) is 10.4. The average molecular weight is 268 g/mol. The lowest BCUT2D eigenvalue weighted by Gasteiger charge is -2.12.